The Morgan fingerprint density at radius 1 is 1.20 bits per heavy atom. The molecule has 2 aromatic rings. The van der Waals surface area contributed by atoms with Crippen molar-refractivity contribution >= 4 is 23.7 Å². The molecule has 0 atom stereocenters. The molecule has 20 heavy (non-hydrogen) atoms. The molecule has 102 valence electrons. The third-order valence-electron chi connectivity index (χ3n) is 2.20. The fourth-order valence-corrected chi connectivity index (χ4v) is 1.99. The van der Waals surface area contributed by atoms with Crippen LogP contribution >= 0.6 is 11.8 Å². The highest BCUT2D eigenvalue weighted by molar-refractivity contribution is 7.99. The molecule has 0 aliphatic carbocycles. The van der Waals surface area contributed by atoms with E-state index in [4.69, 9.17) is 5.11 Å². The number of esters is 1. The summed E-state index contributed by atoms with van der Waals surface area (Å²) in [5, 5.41) is 9.78. The fraction of sp³-hybridized carbons (Fsp3) is 0.0833. The summed E-state index contributed by atoms with van der Waals surface area (Å²) in [6, 6.07) is 3.00. The van der Waals surface area contributed by atoms with E-state index in [2.05, 4.69) is 19.7 Å². The van der Waals surface area contributed by atoms with Crippen molar-refractivity contribution in [1.82, 2.24) is 15.0 Å². The van der Waals surface area contributed by atoms with Gasteiger partial charge in [-0.05, 0) is 23.9 Å². The molecule has 0 unspecified atom stereocenters. The van der Waals surface area contributed by atoms with E-state index in [9.17, 15) is 9.59 Å². The maximum Gasteiger partial charge on any atom is 0.358 e. The van der Waals surface area contributed by atoms with Gasteiger partial charge in [0, 0.05) is 6.20 Å². The molecule has 0 amide bonds. The second-order valence-corrected chi connectivity index (χ2v) is 4.57. The molecule has 8 heteroatoms. The predicted octanol–water partition coefficient (Wildman–Crippen LogP) is 1.51. The van der Waals surface area contributed by atoms with Gasteiger partial charge in [-0.25, -0.2) is 19.6 Å². The zero-order valence-electron chi connectivity index (χ0n) is 10.3. The maximum absolute atomic E-state index is 11.3. The maximum atomic E-state index is 11.3. The number of methoxy groups -OCH3 is 1. The van der Waals surface area contributed by atoms with Crippen LogP contribution in [0.1, 0.15) is 20.8 Å². The van der Waals surface area contributed by atoms with E-state index in [1.54, 1.807) is 6.07 Å². The van der Waals surface area contributed by atoms with Crippen LogP contribution in [0, 0.1) is 0 Å². The Morgan fingerprint density at radius 3 is 2.60 bits per heavy atom. The molecule has 0 saturated heterocycles. The first kappa shape index (κ1) is 13.9. The molecular weight excluding hydrogens is 282 g/mol. The van der Waals surface area contributed by atoms with E-state index in [-0.39, 0.29) is 11.3 Å². The first-order valence-electron chi connectivity index (χ1n) is 5.37. The van der Waals surface area contributed by atoms with Crippen LogP contribution in [0.3, 0.4) is 0 Å². The SMILES string of the molecule is COC(=O)c1cncc(Sc2ccc(C(=O)O)cn2)n1. The minimum Gasteiger partial charge on any atom is -0.478 e. The Morgan fingerprint density at radius 2 is 2.00 bits per heavy atom. The van der Waals surface area contributed by atoms with Gasteiger partial charge >= 0.3 is 11.9 Å². The van der Waals surface area contributed by atoms with Crippen LogP contribution < -0.4 is 0 Å². The molecule has 2 rings (SSSR count). The molecule has 2 heterocycles. The molecule has 2 aromatic heterocycles. The van der Waals surface area contributed by atoms with Gasteiger partial charge in [0.25, 0.3) is 0 Å². The summed E-state index contributed by atoms with van der Waals surface area (Å²) in [5.74, 6) is -1.62. The normalized spacial score (nSPS) is 10.1. The van der Waals surface area contributed by atoms with Crippen molar-refractivity contribution in [3.8, 4) is 0 Å². The molecule has 0 aliphatic rings. The van der Waals surface area contributed by atoms with Crippen molar-refractivity contribution in [1.29, 1.82) is 0 Å². The van der Waals surface area contributed by atoms with Gasteiger partial charge in [-0.3, -0.25) is 4.98 Å². The molecule has 0 fully saturated rings. The average molecular weight is 291 g/mol. The Balaban J connectivity index is 2.17. The Labute approximate surface area is 118 Å². The van der Waals surface area contributed by atoms with Gasteiger partial charge < -0.3 is 9.84 Å². The van der Waals surface area contributed by atoms with Crippen molar-refractivity contribution < 1.29 is 19.4 Å². The van der Waals surface area contributed by atoms with Crippen LogP contribution in [-0.2, 0) is 4.74 Å². The largest absolute Gasteiger partial charge is 0.478 e. The highest BCUT2D eigenvalue weighted by Crippen LogP contribution is 2.23. The number of ether oxygens (including phenoxy) is 1. The lowest BCUT2D eigenvalue weighted by Crippen LogP contribution is -2.05. The second kappa shape index (κ2) is 6.11. The van der Waals surface area contributed by atoms with Gasteiger partial charge in [-0.2, -0.15) is 0 Å². The number of carboxylic acid groups (broad SMARTS) is 1. The number of pyridine rings is 1. The Bertz CT molecular complexity index is 645. The Kier molecular flexibility index (Phi) is 4.26. The zero-order chi connectivity index (χ0) is 14.5. The van der Waals surface area contributed by atoms with E-state index in [0.29, 0.717) is 10.1 Å². The average Bonchev–Trinajstić information content (AvgIpc) is 2.47. The third-order valence-corrected chi connectivity index (χ3v) is 3.06. The van der Waals surface area contributed by atoms with Gasteiger partial charge in [0.2, 0.25) is 0 Å². The highest BCUT2D eigenvalue weighted by Gasteiger charge is 2.10. The summed E-state index contributed by atoms with van der Waals surface area (Å²) in [6.07, 6.45) is 4.03. The topological polar surface area (TPSA) is 102 Å². The lowest BCUT2D eigenvalue weighted by Gasteiger charge is -2.02. The van der Waals surface area contributed by atoms with Crippen molar-refractivity contribution in [2.24, 2.45) is 0 Å². The van der Waals surface area contributed by atoms with E-state index >= 15 is 0 Å². The second-order valence-electron chi connectivity index (χ2n) is 3.53. The van der Waals surface area contributed by atoms with Crippen LogP contribution in [0.5, 0.6) is 0 Å². The summed E-state index contributed by atoms with van der Waals surface area (Å²) in [7, 11) is 1.26. The van der Waals surface area contributed by atoms with E-state index in [1.165, 1.54) is 31.8 Å². The molecule has 0 aliphatic heterocycles. The highest BCUT2D eigenvalue weighted by atomic mass is 32.2. The quantitative estimate of drug-likeness (QED) is 0.845. The number of carboxylic acids is 1. The van der Waals surface area contributed by atoms with Gasteiger partial charge in [0.15, 0.2) is 5.69 Å². The van der Waals surface area contributed by atoms with Crippen LogP contribution in [0.25, 0.3) is 0 Å². The molecule has 0 saturated carbocycles. The molecule has 0 spiro atoms. The minimum absolute atomic E-state index is 0.0969. The van der Waals surface area contributed by atoms with Crippen LogP contribution in [0.2, 0.25) is 0 Å². The van der Waals surface area contributed by atoms with Crippen molar-refractivity contribution in [3.63, 3.8) is 0 Å². The number of carbonyl (C=O) groups is 2. The van der Waals surface area contributed by atoms with Crippen molar-refractivity contribution in [3.05, 3.63) is 42.0 Å². The first-order chi connectivity index (χ1) is 9.60. The monoisotopic (exact) mass is 291 g/mol. The number of nitrogens with zero attached hydrogens (tertiary/aromatic N) is 3. The number of aromatic carboxylic acids is 1. The molecule has 0 radical (unpaired) electrons. The molecule has 0 aromatic carbocycles. The molecule has 1 N–H and O–H groups in total. The predicted molar refractivity (Wildman–Crippen MR) is 68.7 cm³/mol. The lowest BCUT2D eigenvalue weighted by molar-refractivity contribution is 0.0591. The van der Waals surface area contributed by atoms with E-state index in [1.807, 2.05) is 0 Å². The summed E-state index contributed by atoms with van der Waals surface area (Å²) in [4.78, 5) is 34.0. The summed E-state index contributed by atoms with van der Waals surface area (Å²) >= 11 is 1.16. The van der Waals surface area contributed by atoms with Gasteiger partial charge in [-0.15, -0.1) is 0 Å². The van der Waals surface area contributed by atoms with E-state index < -0.39 is 11.9 Å². The summed E-state index contributed by atoms with van der Waals surface area (Å²) < 4.78 is 4.55. The van der Waals surface area contributed by atoms with Crippen molar-refractivity contribution in [2.45, 2.75) is 10.1 Å². The zero-order valence-corrected chi connectivity index (χ0v) is 11.1. The molecular formula is C12H9N3O4S. The van der Waals surface area contributed by atoms with Gasteiger partial charge in [0.05, 0.1) is 25.1 Å². The molecule has 0 bridgehead atoms. The van der Waals surface area contributed by atoms with Crippen molar-refractivity contribution in [2.75, 3.05) is 7.11 Å². The number of carbonyl (C=O) groups excluding carboxylic acids is 1. The van der Waals surface area contributed by atoms with E-state index in [0.717, 1.165) is 11.8 Å². The molecule has 7 nitrogen and oxygen atoms in total. The fourth-order valence-electron chi connectivity index (χ4n) is 1.27. The third kappa shape index (κ3) is 3.29. The lowest BCUT2D eigenvalue weighted by atomic mass is 10.3. The number of hydrogen-bond donors (Lipinski definition) is 1. The van der Waals surface area contributed by atoms with Crippen LogP contribution in [0.15, 0.2) is 40.8 Å². The number of rotatable bonds is 4. The number of hydrogen-bond acceptors (Lipinski definition) is 7. The number of aromatic nitrogens is 3. The minimum atomic E-state index is -1.04. The van der Waals surface area contributed by atoms with Crippen LogP contribution in [-0.4, -0.2) is 39.1 Å². The summed E-state index contributed by atoms with van der Waals surface area (Å²) in [5.41, 5.74) is 0.198. The summed E-state index contributed by atoms with van der Waals surface area (Å²) in [6.45, 7) is 0. The van der Waals surface area contributed by atoms with Crippen LogP contribution in [0.4, 0.5) is 0 Å². The Hall–Kier alpha value is -2.48. The van der Waals surface area contributed by atoms with Gasteiger partial charge in [-0.1, -0.05) is 0 Å². The van der Waals surface area contributed by atoms with Gasteiger partial charge in [0.1, 0.15) is 10.1 Å². The smallest absolute Gasteiger partial charge is 0.358 e. The standard InChI is InChI=1S/C12H9N3O4S/c1-19-12(18)8-5-13-6-10(15-8)20-9-3-2-7(4-14-9)11(16)17/h2-6H,1H3,(H,16,17). The first-order valence-corrected chi connectivity index (χ1v) is 6.19.